The number of hydrogen-bond acceptors (Lipinski definition) is 7. The lowest BCUT2D eigenvalue weighted by Crippen LogP contribution is -2.24. The normalized spacial score (nSPS) is 15.6. The van der Waals surface area contributed by atoms with E-state index in [-0.39, 0.29) is 11.9 Å². The van der Waals surface area contributed by atoms with Crippen molar-refractivity contribution in [2.75, 3.05) is 13.2 Å². The lowest BCUT2D eigenvalue weighted by Gasteiger charge is -2.25. The molecule has 1 aromatic heterocycles. The molecule has 0 aliphatic carbocycles. The Bertz CT molecular complexity index is 971. The van der Waals surface area contributed by atoms with E-state index in [1.807, 2.05) is 48.0 Å². The zero-order valence-electron chi connectivity index (χ0n) is 14.5. The summed E-state index contributed by atoms with van der Waals surface area (Å²) in [4.78, 5) is 12.4. The molecule has 7 nitrogen and oxygen atoms in total. The van der Waals surface area contributed by atoms with Crippen LogP contribution in [0.1, 0.15) is 22.3 Å². The van der Waals surface area contributed by atoms with Gasteiger partial charge in [-0.1, -0.05) is 24.3 Å². The molecule has 0 spiro atoms. The van der Waals surface area contributed by atoms with Crippen LogP contribution in [0.3, 0.4) is 0 Å². The van der Waals surface area contributed by atoms with E-state index < -0.39 is 6.61 Å². The number of benzene rings is 2. The second-order valence-corrected chi connectivity index (χ2v) is 7.01. The van der Waals surface area contributed by atoms with Crippen LogP contribution in [0.2, 0.25) is 0 Å². The largest absolute Gasteiger partial charge is 0.485 e. The summed E-state index contributed by atoms with van der Waals surface area (Å²) < 4.78 is 13.6. The highest BCUT2D eigenvalue weighted by Crippen LogP contribution is 2.36. The van der Waals surface area contributed by atoms with Crippen molar-refractivity contribution in [3.8, 4) is 11.5 Å². The highest BCUT2D eigenvalue weighted by atomic mass is 32.2. The summed E-state index contributed by atoms with van der Waals surface area (Å²) in [5.41, 5.74) is 0.479. The summed E-state index contributed by atoms with van der Waals surface area (Å²) in [7, 11) is 1.88. The molecular formula is C19H17N3O4S. The van der Waals surface area contributed by atoms with Crippen molar-refractivity contribution in [3.63, 3.8) is 0 Å². The molecule has 0 saturated carbocycles. The summed E-state index contributed by atoms with van der Waals surface area (Å²) in [5, 5.41) is 18.1. The molecule has 1 aliphatic heterocycles. The molecular weight excluding hydrogens is 366 g/mol. The number of aliphatic hydroxyl groups excluding tert-OH is 1. The fraction of sp³-hybridized carbons (Fsp3) is 0.211. The van der Waals surface area contributed by atoms with Crippen LogP contribution in [0.25, 0.3) is 0 Å². The van der Waals surface area contributed by atoms with E-state index >= 15 is 0 Å². The molecule has 27 heavy (non-hydrogen) atoms. The van der Waals surface area contributed by atoms with Gasteiger partial charge < -0.3 is 19.1 Å². The van der Waals surface area contributed by atoms with Gasteiger partial charge in [-0.2, -0.15) is 0 Å². The van der Waals surface area contributed by atoms with Gasteiger partial charge in [0, 0.05) is 17.5 Å². The number of aliphatic hydroxyl groups is 1. The molecule has 0 radical (unpaired) electrons. The molecule has 8 heteroatoms. The Morgan fingerprint density at radius 2 is 1.93 bits per heavy atom. The van der Waals surface area contributed by atoms with E-state index in [0.717, 1.165) is 10.6 Å². The van der Waals surface area contributed by atoms with Crippen molar-refractivity contribution >= 4 is 17.5 Å². The van der Waals surface area contributed by atoms with E-state index in [4.69, 9.17) is 14.6 Å². The molecule has 1 N–H and O–H groups in total. The number of ether oxygens (including phenoxy) is 2. The van der Waals surface area contributed by atoms with E-state index in [1.165, 1.54) is 11.8 Å². The fourth-order valence-corrected chi connectivity index (χ4v) is 3.54. The Morgan fingerprint density at radius 3 is 2.67 bits per heavy atom. The number of hydrogen-bond donors (Lipinski definition) is 1. The third kappa shape index (κ3) is 3.54. The second kappa shape index (κ2) is 7.42. The molecule has 138 valence electrons. The second-order valence-electron chi connectivity index (χ2n) is 5.97. The lowest BCUT2D eigenvalue weighted by atomic mass is 10.1. The number of fused-ring (bicyclic) bond motifs is 1. The minimum Gasteiger partial charge on any atom is -0.485 e. The number of aromatic nitrogens is 3. The van der Waals surface area contributed by atoms with Crippen molar-refractivity contribution in [1.29, 1.82) is 0 Å². The molecule has 0 bridgehead atoms. The van der Waals surface area contributed by atoms with Gasteiger partial charge >= 0.3 is 0 Å². The van der Waals surface area contributed by atoms with Crippen molar-refractivity contribution in [2.24, 2.45) is 7.05 Å². The van der Waals surface area contributed by atoms with Gasteiger partial charge in [0.1, 0.15) is 13.2 Å². The standard InChI is InChI=1S/C19H17N3O4S/c1-22-18(17-11-25-15-4-2-3-5-16(15)26-17)20-21-19(22)27-13-8-6-12(7-9-13)14(24)10-23/h2-9,17,23H,10-11H2,1H3. The van der Waals surface area contributed by atoms with Crippen LogP contribution in [0.15, 0.2) is 58.6 Å². The minimum absolute atomic E-state index is 0.303. The highest BCUT2D eigenvalue weighted by molar-refractivity contribution is 7.99. The Balaban J connectivity index is 1.50. The number of rotatable bonds is 5. The maximum absolute atomic E-state index is 11.5. The van der Waals surface area contributed by atoms with E-state index in [9.17, 15) is 4.79 Å². The molecule has 1 atom stereocenters. The molecule has 3 aromatic rings. The predicted octanol–water partition coefficient (Wildman–Crippen LogP) is 2.65. The molecule has 1 aliphatic rings. The van der Waals surface area contributed by atoms with Gasteiger partial charge in [-0.25, -0.2) is 0 Å². The summed E-state index contributed by atoms with van der Waals surface area (Å²) in [6, 6.07) is 14.5. The quantitative estimate of drug-likeness (QED) is 0.678. The summed E-state index contributed by atoms with van der Waals surface area (Å²) in [5.74, 6) is 1.79. The molecule has 4 rings (SSSR count). The summed E-state index contributed by atoms with van der Waals surface area (Å²) in [6.45, 7) is -0.128. The SMILES string of the molecule is Cn1c(Sc2ccc(C(=O)CO)cc2)nnc1C1COc2ccccc2O1. The molecule has 0 fully saturated rings. The van der Waals surface area contributed by atoms with Crippen molar-refractivity contribution in [3.05, 3.63) is 59.9 Å². The van der Waals surface area contributed by atoms with Crippen LogP contribution in [-0.2, 0) is 7.05 Å². The molecule has 0 saturated heterocycles. The predicted molar refractivity (Wildman–Crippen MR) is 98.3 cm³/mol. The maximum Gasteiger partial charge on any atom is 0.195 e. The number of Topliss-reactive ketones (excluding diaryl/α,β-unsaturated/α-hetero) is 1. The fourth-order valence-electron chi connectivity index (χ4n) is 2.75. The van der Waals surface area contributed by atoms with E-state index in [0.29, 0.717) is 28.9 Å². The van der Waals surface area contributed by atoms with Crippen LogP contribution in [0.5, 0.6) is 11.5 Å². The van der Waals surface area contributed by atoms with Crippen LogP contribution >= 0.6 is 11.8 Å². The van der Waals surface area contributed by atoms with Crippen molar-refractivity contribution in [1.82, 2.24) is 14.8 Å². The Hall–Kier alpha value is -2.84. The number of ketones is 1. The number of carbonyl (C=O) groups excluding carboxylic acids is 1. The van der Waals surface area contributed by atoms with Crippen LogP contribution in [-0.4, -0.2) is 38.9 Å². The zero-order chi connectivity index (χ0) is 18.8. The minimum atomic E-state index is -0.494. The maximum atomic E-state index is 11.5. The van der Waals surface area contributed by atoms with Gasteiger partial charge in [0.15, 0.2) is 34.4 Å². The van der Waals surface area contributed by atoms with Crippen LogP contribution < -0.4 is 9.47 Å². The first kappa shape index (κ1) is 17.6. The van der Waals surface area contributed by atoms with Crippen molar-refractivity contribution < 1.29 is 19.4 Å². The first-order chi connectivity index (χ1) is 13.2. The van der Waals surface area contributed by atoms with Gasteiger partial charge in [0.25, 0.3) is 0 Å². The van der Waals surface area contributed by atoms with Crippen LogP contribution in [0.4, 0.5) is 0 Å². The van der Waals surface area contributed by atoms with E-state index in [1.54, 1.807) is 12.1 Å². The summed E-state index contributed by atoms with van der Waals surface area (Å²) >= 11 is 1.43. The van der Waals surface area contributed by atoms with Gasteiger partial charge in [0.05, 0.1) is 0 Å². The first-order valence-electron chi connectivity index (χ1n) is 8.35. The zero-order valence-corrected chi connectivity index (χ0v) is 15.3. The monoisotopic (exact) mass is 383 g/mol. The third-order valence-electron chi connectivity index (χ3n) is 4.19. The van der Waals surface area contributed by atoms with Gasteiger partial charge in [-0.05, 0) is 36.0 Å². The lowest BCUT2D eigenvalue weighted by molar-refractivity contribution is 0.0825. The molecule has 1 unspecified atom stereocenters. The highest BCUT2D eigenvalue weighted by Gasteiger charge is 2.27. The molecule has 0 amide bonds. The molecule has 2 aromatic carbocycles. The summed E-state index contributed by atoms with van der Waals surface area (Å²) in [6.07, 6.45) is -0.337. The Kier molecular flexibility index (Phi) is 4.83. The first-order valence-corrected chi connectivity index (χ1v) is 9.17. The van der Waals surface area contributed by atoms with Crippen molar-refractivity contribution in [2.45, 2.75) is 16.2 Å². The number of nitrogens with zero attached hydrogens (tertiary/aromatic N) is 3. The average molecular weight is 383 g/mol. The third-order valence-corrected chi connectivity index (χ3v) is 5.24. The van der Waals surface area contributed by atoms with Gasteiger partial charge in [0.2, 0.25) is 0 Å². The number of para-hydroxylation sites is 2. The molecule has 2 heterocycles. The topological polar surface area (TPSA) is 86.5 Å². The van der Waals surface area contributed by atoms with Gasteiger partial charge in [-0.3, -0.25) is 4.79 Å². The van der Waals surface area contributed by atoms with E-state index in [2.05, 4.69) is 10.2 Å². The van der Waals surface area contributed by atoms with Crippen LogP contribution in [0, 0.1) is 0 Å². The smallest absolute Gasteiger partial charge is 0.195 e. The average Bonchev–Trinajstić information content (AvgIpc) is 3.08. The van der Waals surface area contributed by atoms with Gasteiger partial charge in [-0.15, -0.1) is 10.2 Å². The Labute approximate surface area is 159 Å². The number of carbonyl (C=O) groups is 1. The Morgan fingerprint density at radius 1 is 1.19 bits per heavy atom.